The molecule has 1 aromatic heterocycles. The van der Waals surface area contributed by atoms with Crippen molar-refractivity contribution < 1.29 is 14.7 Å². The lowest BCUT2D eigenvalue weighted by Crippen LogP contribution is -2.28. The van der Waals surface area contributed by atoms with E-state index in [0.717, 1.165) is 13.1 Å². The first-order chi connectivity index (χ1) is 12.3. The number of carboxylic acids is 1. The zero-order valence-electron chi connectivity index (χ0n) is 15.0. The van der Waals surface area contributed by atoms with Crippen molar-refractivity contribution in [3.05, 3.63) is 52.7 Å². The van der Waals surface area contributed by atoms with Gasteiger partial charge in [-0.2, -0.15) is 0 Å². The van der Waals surface area contributed by atoms with Gasteiger partial charge in [-0.1, -0.05) is 25.4 Å². The minimum atomic E-state index is -1.02. The molecule has 1 aromatic carbocycles. The van der Waals surface area contributed by atoms with Crippen molar-refractivity contribution in [3.8, 4) is 0 Å². The molecule has 0 atom stereocenters. The number of benzene rings is 1. The number of nitrogens with zero attached hydrogens (tertiary/aromatic N) is 2. The van der Waals surface area contributed by atoms with Gasteiger partial charge in [-0.3, -0.25) is 4.79 Å². The van der Waals surface area contributed by atoms with Crippen molar-refractivity contribution in [1.82, 2.24) is 4.98 Å². The molecule has 2 rings (SSSR count). The Morgan fingerprint density at radius 2 is 1.88 bits per heavy atom. The van der Waals surface area contributed by atoms with Gasteiger partial charge in [0.05, 0.1) is 5.56 Å². The largest absolute Gasteiger partial charge is 0.478 e. The lowest BCUT2D eigenvalue weighted by molar-refractivity contribution is 0.0696. The van der Waals surface area contributed by atoms with Gasteiger partial charge in [0.2, 0.25) is 0 Å². The van der Waals surface area contributed by atoms with E-state index in [4.69, 9.17) is 16.7 Å². The van der Waals surface area contributed by atoms with Gasteiger partial charge in [0, 0.05) is 23.8 Å². The normalized spacial score (nSPS) is 10.7. The topological polar surface area (TPSA) is 82.5 Å². The van der Waals surface area contributed by atoms with Crippen LogP contribution in [-0.2, 0) is 0 Å². The van der Waals surface area contributed by atoms with Crippen LogP contribution in [0.3, 0.4) is 0 Å². The Bertz CT molecular complexity index is 791. The van der Waals surface area contributed by atoms with E-state index in [9.17, 15) is 9.59 Å². The third-order valence-electron chi connectivity index (χ3n) is 3.69. The van der Waals surface area contributed by atoms with Gasteiger partial charge in [-0.25, -0.2) is 9.78 Å². The number of nitrogens with one attached hydrogen (secondary N) is 1. The molecule has 2 N–H and O–H groups in total. The molecule has 0 saturated carbocycles. The van der Waals surface area contributed by atoms with E-state index < -0.39 is 11.9 Å². The van der Waals surface area contributed by atoms with E-state index >= 15 is 0 Å². The Balaban J connectivity index is 2.21. The maximum Gasteiger partial charge on any atom is 0.335 e. The number of aromatic nitrogens is 1. The highest BCUT2D eigenvalue weighted by molar-refractivity contribution is 6.31. The summed E-state index contributed by atoms with van der Waals surface area (Å²) >= 11 is 6.18. The monoisotopic (exact) mass is 375 g/mol. The number of hydrogen-bond donors (Lipinski definition) is 2. The van der Waals surface area contributed by atoms with Gasteiger partial charge in [0.15, 0.2) is 0 Å². The molecule has 0 fully saturated rings. The average Bonchev–Trinajstić information content (AvgIpc) is 2.59. The average molecular weight is 376 g/mol. The lowest BCUT2D eigenvalue weighted by Gasteiger charge is -2.24. The number of carboxylic acid groups (broad SMARTS) is 1. The predicted molar refractivity (Wildman–Crippen MR) is 103 cm³/mol. The van der Waals surface area contributed by atoms with E-state index in [2.05, 4.69) is 29.0 Å². The number of rotatable bonds is 7. The molecule has 6 nitrogen and oxygen atoms in total. The summed E-state index contributed by atoms with van der Waals surface area (Å²) in [5.74, 6) is -0.327. The molecule has 0 bridgehead atoms. The molecule has 138 valence electrons. The Hall–Kier alpha value is -2.60. The van der Waals surface area contributed by atoms with Crippen LogP contribution in [0.2, 0.25) is 5.02 Å². The molecule has 0 aliphatic heterocycles. The first-order valence-electron chi connectivity index (χ1n) is 8.37. The summed E-state index contributed by atoms with van der Waals surface area (Å²) < 4.78 is 0. The molecule has 0 unspecified atom stereocenters. The Labute approximate surface area is 157 Å². The molecular weight excluding hydrogens is 354 g/mol. The Morgan fingerprint density at radius 3 is 2.42 bits per heavy atom. The van der Waals surface area contributed by atoms with Crippen LogP contribution in [0.5, 0.6) is 0 Å². The molecule has 1 amide bonds. The quantitative estimate of drug-likeness (QED) is 0.759. The summed E-state index contributed by atoms with van der Waals surface area (Å²) in [6.45, 7) is 7.81. The summed E-state index contributed by atoms with van der Waals surface area (Å²) in [4.78, 5) is 29.9. The van der Waals surface area contributed by atoms with Crippen molar-refractivity contribution >= 4 is 35.0 Å². The molecule has 0 aliphatic rings. The summed E-state index contributed by atoms with van der Waals surface area (Å²) in [7, 11) is 0. The maximum absolute atomic E-state index is 12.5. The van der Waals surface area contributed by atoms with Crippen LogP contribution in [0.15, 0.2) is 36.4 Å². The van der Waals surface area contributed by atoms with Gasteiger partial charge in [0.1, 0.15) is 11.5 Å². The first kappa shape index (κ1) is 19.7. The van der Waals surface area contributed by atoms with Gasteiger partial charge >= 0.3 is 5.97 Å². The van der Waals surface area contributed by atoms with Gasteiger partial charge < -0.3 is 15.3 Å². The highest BCUT2D eigenvalue weighted by Gasteiger charge is 2.15. The molecule has 1 heterocycles. The number of aromatic carboxylic acids is 1. The van der Waals surface area contributed by atoms with E-state index in [1.165, 1.54) is 30.3 Å². The minimum absolute atomic E-state index is 0.151. The van der Waals surface area contributed by atoms with E-state index in [0.29, 0.717) is 22.4 Å². The summed E-state index contributed by atoms with van der Waals surface area (Å²) in [6, 6.07) is 9.17. The van der Waals surface area contributed by atoms with Crippen LogP contribution in [0.1, 0.15) is 41.6 Å². The zero-order chi connectivity index (χ0) is 19.3. The first-order valence-corrected chi connectivity index (χ1v) is 8.75. The highest BCUT2D eigenvalue weighted by Crippen LogP contribution is 2.21. The maximum atomic E-state index is 12.5. The van der Waals surface area contributed by atoms with Crippen LogP contribution in [0.4, 0.5) is 11.5 Å². The molecule has 0 spiro atoms. The number of carbonyl (C=O) groups is 2. The van der Waals surface area contributed by atoms with Crippen molar-refractivity contribution in [2.24, 2.45) is 5.92 Å². The van der Waals surface area contributed by atoms with Crippen LogP contribution in [-0.4, -0.2) is 35.1 Å². The second-order valence-electron chi connectivity index (χ2n) is 6.30. The molecule has 0 aliphatic carbocycles. The smallest absolute Gasteiger partial charge is 0.335 e. The van der Waals surface area contributed by atoms with E-state index in [1.54, 1.807) is 6.07 Å². The SMILES string of the molecule is CCN(CC(C)C)c1cc(Cl)cc(C(=O)Nc2ccc(C(=O)O)cc2)n1. The molecule has 0 radical (unpaired) electrons. The van der Waals surface area contributed by atoms with Gasteiger partial charge in [0.25, 0.3) is 5.91 Å². The number of amides is 1. The standard InChI is InChI=1S/C19H22ClN3O3/c1-4-23(11-12(2)3)17-10-14(20)9-16(22-17)18(24)21-15-7-5-13(6-8-15)19(25)26/h5-10,12H,4,11H2,1-3H3,(H,21,24)(H,25,26). The van der Waals surface area contributed by atoms with Gasteiger partial charge in [-0.05, 0) is 49.2 Å². The van der Waals surface area contributed by atoms with Gasteiger partial charge in [-0.15, -0.1) is 0 Å². The third kappa shape index (κ3) is 5.20. The Kier molecular flexibility index (Phi) is 6.58. The number of pyridine rings is 1. The summed E-state index contributed by atoms with van der Waals surface area (Å²) in [5, 5.41) is 12.1. The second-order valence-corrected chi connectivity index (χ2v) is 6.73. The summed E-state index contributed by atoms with van der Waals surface area (Å²) in [6.07, 6.45) is 0. The van der Waals surface area contributed by atoms with Crippen LogP contribution < -0.4 is 10.2 Å². The summed E-state index contributed by atoms with van der Waals surface area (Å²) in [5.41, 5.74) is 0.841. The van der Waals surface area contributed by atoms with Crippen LogP contribution >= 0.6 is 11.6 Å². The van der Waals surface area contributed by atoms with Crippen molar-refractivity contribution in [3.63, 3.8) is 0 Å². The molecular formula is C19H22ClN3O3. The number of carbonyl (C=O) groups excluding carboxylic acids is 1. The van der Waals surface area contributed by atoms with E-state index in [1.807, 2.05) is 6.92 Å². The fraction of sp³-hybridized carbons (Fsp3) is 0.316. The fourth-order valence-corrected chi connectivity index (χ4v) is 2.68. The lowest BCUT2D eigenvalue weighted by atomic mass is 10.2. The second kappa shape index (κ2) is 8.67. The van der Waals surface area contributed by atoms with E-state index in [-0.39, 0.29) is 11.3 Å². The fourth-order valence-electron chi connectivity index (χ4n) is 2.48. The minimum Gasteiger partial charge on any atom is -0.478 e. The van der Waals surface area contributed by atoms with Crippen molar-refractivity contribution in [2.45, 2.75) is 20.8 Å². The molecule has 2 aromatic rings. The predicted octanol–water partition coefficient (Wildman–Crippen LogP) is 4.17. The highest BCUT2D eigenvalue weighted by atomic mass is 35.5. The number of halogens is 1. The molecule has 0 saturated heterocycles. The molecule has 26 heavy (non-hydrogen) atoms. The third-order valence-corrected chi connectivity index (χ3v) is 3.91. The van der Waals surface area contributed by atoms with Crippen molar-refractivity contribution in [2.75, 3.05) is 23.3 Å². The van der Waals surface area contributed by atoms with Crippen LogP contribution in [0, 0.1) is 5.92 Å². The zero-order valence-corrected chi connectivity index (χ0v) is 15.7. The van der Waals surface area contributed by atoms with Crippen molar-refractivity contribution in [1.29, 1.82) is 0 Å². The number of hydrogen-bond acceptors (Lipinski definition) is 4. The molecule has 7 heteroatoms. The Morgan fingerprint density at radius 1 is 1.23 bits per heavy atom. The van der Waals surface area contributed by atoms with Crippen LogP contribution in [0.25, 0.3) is 0 Å². The number of anilines is 2.